The van der Waals surface area contributed by atoms with Crippen LogP contribution in [0.2, 0.25) is 0 Å². The Labute approximate surface area is 135 Å². The van der Waals surface area contributed by atoms with Gasteiger partial charge in [0.1, 0.15) is 17.9 Å². The number of ether oxygens (including phenoxy) is 1. The van der Waals surface area contributed by atoms with E-state index in [1.807, 2.05) is 5.43 Å². The molecule has 0 aliphatic carbocycles. The smallest absolute Gasteiger partial charge is 0.413 e. The van der Waals surface area contributed by atoms with Crippen LogP contribution in [0.3, 0.4) is 0 Å². The molecule has 0 aliphatic rings. The zero-order valence-electron chi connectivity index (χ0n) is 12.6. The van der Waals surface area contributed by atoms with Gasteiger partial charge in [0.25, 0.3) is 5.91 Å². The summed E-state index contributed by atoms with van der Waals surface area (Å²) in [6, 6.07) is 0. The molecule has 10 nitrogen and oxygen atoms in total. The van der Waals surface area contributed by atoms with Crippen molar-refractivity contribution < 1.29 is 29.3 Å². The lowest BCUT2D eigenvalue weighted by atomic mass is 10.2. The van der Waals surface area contributed by atoms with Crippen molar-refractivity contribution in [3.8, 4) is 0 Å². The summed E-state index contributed by atoms with van der Waals surface area (Å²) in [5, 5.41) is 24.8. The number of hydrazone groups is 1. The van der Waals surface area contributed by atoms with Crippen molar-refractivity contribution in [2.75, 3.05) is 11.9 Å². The Kier molecular flexibility index (Phi) is 6.16. The van der Waals surface area contributed by atoms with Gasteiger partial charge in [-0.2, -0.15) is 5.10 Å². The minimum Gasteiger partial charge on any atom is -0.476 e. The molecule has 0 atom stereocenters. The second kappa shape index (κ2) is 7.65. The maximum Gasteiger partial charge on any atom is 0.413 e. The molecule has 11 heteroatoms. The van der Waals surface area contributed by atoms with Gasteiger partial charge in [-0.15, -0.1) is 11.3 Å². The average molecular weight is 344 g/mol. The topological polar surface area (TPSA) is 150 Å². The molecule has 1 rings (SSSR count). The van der Waals surface area contributed by atoms with E-state index in [1.165, 1.54) is 5.38 Å². The van der Waals surface area contributed by atoms with Gasteiger partial charge in [-0.25, -0.2) is 20.0 Å². The van der Waals surface area contributed by atoms with Gasteiger partial charge < -0.3 is 14.9 Å². The molecular formula is C12H16N4O6S. The van der Waals surface area contributed by atoms with Crippen LogP contribution in [0.5, 0.6) is 0 Å². The standard InChI is InChI=1S/C12H16N4O6S/c1-12(2,3)22-11(21)14-10-13-6(5-23-10)8(9(19)20)16-15-7(18)4-17/h5,17H,4H2,1-3H3,(H,15,18)(H,19,20)(H,13,14,21)/b16-8-. The van der Waals surface area contributed by atoms with E-state index in [4.69, 9.17) is 14.9 Å². The molecule has 23 heavy (non-hydrogen) atoms. The minimum absolute atomic E-state index is 0.0631. The number of thiazole rings is 1. The monoisotopic (exact) mass is 344 g/mol. The number of carbonyl (C=O) groups is 3. The number of amides is 2. The molecule has 4 N–H and O–H groups in total. The average Bonchev–Trinajstić information content (AvgIpc) is 2.84. The highest BCUT2D eigenvalue weighted by Crippen LogP contribution is 2.17. The minimum atomic E-state index is -1.43. The third-order valence-corrected chi connectivity index (χ3v) is 2.75. The Morgan fingerprint density at radius 2 is 2.04 bits per heavy atom. The number of rotatable bonds is 5. The normalized spacial score (nSPS) is 11.7. The molecule has 1 aromatic heterocycles. The number of aliphatic carboxylic acids is 1. The third-order valence-electron chi connectivity index (χ3n) is 1.99. The molecule has 0 saturated heterocycles. The van der Waals surface area contributed by atoms with Crippen molar-refractivity contribution in [3.05, 3.63) is 11.1 Å². The second-order valence-electron chi connectivity index (χ2n) is 5.12. The fourth-order valence-electron chi connectivity index (χ4n) is 1.20. The quantitative estimate of drug-likeness (QED) is 0.445. The van der Waals surface area contributed by atoms with E-state index in [0.717, 1.165) is 11.3 Å². The SMILES string of the molecule is CC(C)(C)OC(=O)Nc1nc(/C(=N/NC(=O)CO)C(=O)O)cs1. The number of carboxylic acid groups (broad SMARTS) is 1. The van der Waals surface area contributed by atoms with Crippen LogP contribution in [0.25, 0.3) is 0 Å². The van der Waals surface area contributed by atoms with Gasteiger partial charge >= 0.3 is 12.1 Å². The predicted molar refractivity (Wildman–Crippen MR) is 81.4 cm³/mol. The highest BCUT2D eigenvalue weighted by molar-refractivity contribution is 7.14. The number of nitrogens with one attached hydrogen (secondary N) is 2. The van der Waals surface area contributed by atoms with Crippen LogP contribution in [0, 0.1) is 0 Å². The first-order valence-corrected chi connectivity index (χ1v) is 7.17. The summed E-state index contributed by atoms with van der Waals surface area (Å²) in [4.78, 5) is 37.5. The van der Waals surface area contributed by atoms with Gasteiger partial charge in [0.2, 0.25) is 0 Å². The summed E-state index contributed by atoms with van der Waals surface area (Å²) < 4.78 is 5.04. The lowest BCUT2D eigenvalue weighted by Crippen LogP contribution is -2.27. The van der Waals surface area contributed by atoms with Gasteiger partial charge in [0.05, 0.1) is 0 Å². The number of carbonyl (C=O) groups excluding carboxylic acids is 2. The molecule has 1 aromatic rings. The Morgan fingerprint density at radius 1 is 1.39 bits per heavy atom. The van der Waals surface area contributed by atoms with Crippen LogP contribution < -0.4 is 10.7 Å². The summed E-state index contributed by atoms with van der Waals surface area (Å²) in [5.74, 6) is -2.30. The van der Waals surface area contributed by atoms with Crippen LogP contribution in [0.4, 0.5) is 9.93 Å². The zero-order valence-corrected chi connectivity index (χ0v) is 13.4. The molecule has 0 aromatic carbocycles. The number of anilines is 1. The lowest BCUT2D eigenvalue weighted by molar-refractivity contribution is -0.129. The van der Waals surface area contributed by atoms with E-state index in [0.29, 0.717) is 0 Å². The Hall–Kier alpha value is -2.53. The van der Waals surface area contributed by atoms with Crippen LogP contribution in [0.15, 0.2) is 10.5 Å². The van der Waals surface area contributed by atoms with Crippen molar-refractivity contribution >= 4 is 40.1 Å². The van der Waals surface area contributed by atoms with E-state index >= 15 is 0 Å². The van der Waals surface area contributed by atoms with Gasteiger partial charge in [-0.3, -0.25) is 10.1 Å². The van der Waals surface area contributed by atoms with Crippen molar-refractivity contribution in [2.45, 2.75) is 26.4 Å². The summed E-state index contributed by atoms with van der Waals surface area (Å²) in [6.45, 7) is 4.25. The first-order chi connectivity index (χ1) is 10.6. The Bertz CT molecular complexity index is 634. The molecule has 0 fully saturated rings. The highest BCUT2D eigenvalue weighted by Gasteiger charge is 2.20. The lowest BCUT2D eigenvalue weighted by Gasteiger charge is -2.18. The maximum absolute atomic E-state index is 11.6. The molecule has 0 radical (unpaired) electrons. The predicted octanol–water partition coefficient (Wildman–Crippen LogP) is 0.387. The van der Waals surface area contributed by atoms with Crippen LogP contribution >= 0.6 is 11.3 Å². The number of aliphatic hydroxyl groups is 1. The van der Waals surface area contributed by atoms with E-state index in [1.54, 1.807) is 20.8 Å². The Morgan fingerprint density at radius 3 is 2.57 bits per heavy atom. The molecule has 2 amide bonds. The van der Waals surface area contributed by atoms with Crippen molar-refractivity contribution in [2.24, 2.45) is 5.10 Å². The summed E-state index contributed by atoms with van der Waals surface area (Å²) in [7, 11) is 0. The van der Waals surface area contributed by atoms with E-state index < -0.39 is 35.9 Å². The molecular weight excluding hydrogens is 328 g/mol. The molecule has 0 unspecified atom stereocenters. The van der Waals surface area contributed by atoms with Gasteiger partial charge in [-0.1, -0.05) is 0 Å². The number of aromatic nitrogens is 1. The van der Waals surface area contributed by atoms with Gasteiger partial charge in [0, 0.05) is 5.38 Å². The van der Waals surface area contributed by atoms with Crippen molar-refractivity contribution in [3.63, 3.8) is 0 Å². The number of hydrogen-bond donors (Lipinski definition) is 4. The maximum atomic E-state index is 11.6. The third kappa shape index (κ3) is 6.40. The second-order valence-corrected chi connectivity index (χ2v) is 5.98. The van der Waals surface area contributed by atoms with E-state index in [9.17, 15) is 14.4 Å². The van der Waals surface area contributed by atoms with E-state index in [2.05, 4.69) is 15.4 Å². The fraction of sp³-hybridized carbons (Fsp3) is 0.417. The van der Waals surface area contributed by atoms with Crippen molar-refractivity contribution in [1.29, 1.82) is 0 Å². The molecule has 0 spiro atoms. The summed E-state index contributed by atoms with van der Waals surface area (Å²) in [6.07, 6.45) is -0.735. The molecule has 0 saturated carbocycles. The largest absolute Gasteiger partial charge is 0.476 e. The molecule has 0 aliphatic heterocycles. The molecule has 126 valence electrons. The van der Waals surface area contributed by atoms with Crippen LogP contribution in [-0.4, -0.2) is 51.1 Å². The van der Waals surface area contributed by atoms with Gasteiger partial charge in [-0.05, 0) is 20.8 Å². The van der Waals surface area contributed by atoms with Gasteiger partial charge in [0.15, 0.2) is 10.8 Å². The highest BCUT2D eigenvalue weighted by atomic mass is 32.1. The number of nitrogens with zero attached hydrogens (tertiary/aromatic N) is 2. The van der Waals surface area contributed by atoms with Crippen LogP contribution in [-0.2, 0) is 14.3 Å². The fourth-order valence-corrected chi connectivity index (χ4v) is 1.88. The summed E-state index contributed by atoms with van der Waals surface area (Å²) in [5.41, 5.74) is 0.572. The first kappa shape index (κ1) is 18.5. The Balaban J connectivity index is 2.85. The number of aliphatic hydroxyl groups excluding tert-OH is 1. The zero-order chi connectivity index (χ0) is 17.6. The molecule has 0 bridgehead atoms. The van der Waals surface area contributed by atoms with Crippen LogP contribution in [0.1, 0.15) is 26.5 Å². The first-order valence-electron chi connectivity index (χ1n) is 6.29. The van der Waals surface area contributed by atoms with Crippen molar-refractivity contribution in [1.82, 2.24) is 10.4 Å². The molecule has 1 heterocycles. The number of carboxylic acids is 1. The van der Waals surface area contributed by atoms with E-state index in [-0.39, 0.29) is 10.8 Å². The number of hydrogen-bond acceptors (Lipinski definition) is 8. The summed E-state index contributed by atoms with van der Waals surface area (Å²) >= 11 is 0.960.